The molecule has 1 aromatic carbocycles. The normalized spacial score (nSPS) is 19.6. The fraction of sp³-hybridized carbons (Fsp3) is 0.417. The first-order chi connectivity index (χ1) is 8.24. The number of rotatable bonds is 3. The van der Waals surface area contributed by atoms with Gasteiger partial charge in [-0.3, -0.25) is 0 Å². The third kappa shape index (κ3) is 2.04. The van der Waals surface area contributed by atoms with Gasteiger partial charge in [0.05, 0.1) is 32.0 Å². The first-order valence-electron chi connectivity index (χ1n) is 5.19. The largest absolute Gasteiger partial charge is 0.496 e. The summed E-state index contributed by atoms with van der Waals surface area (Å²) in [4.78, 5) is -0.589. The van der Waals surface area contributed by atoms with Crippen molar-refractivity contribution in [3.8, 4) is 11.8 Å². The fourth-order valence-corrected chi connectivity index (χ4v) is 2.40. The molecule has 1 aliphatic heterocycles. The van der Waals surface area contributed by atoms with Crippen LogP contribution in [-0.2, 0) is 15.3 Å². The van der Waals surface area contributed by atoms with E-state index in [1.54, 1.807) is 7.11 Å². The van der Waals surface area contributed by atoms with Gasteiger partial charge in [0, 0.05) is 0 Å². The van der Waals surface area contributed by atoms with Gasteiger partial charge in [-0.25, -0.2) is 0 Å². The van der Waals surface area contributed by atoms with Gasteiger partial charge in [-0.05, 0) is 12.1 Å². The number of nitriles is 1. The lowest BCUT2D eigenvalue weighted by molar-refractivity contribution is -0.156. The van der Waals surface area contributed by atoms with E-state index in [-0.39, 0.29) is 0 Å². The van der Waals surface area contributed by atoms with E-state index in [4.69, 9.17) is 19.5 Å². The lowest BCUT2D eigenvalue weighted by Crippen LogP contribution is -2.36. The van der Waals surface area contributed by atoms with Crippen molar-refractivity contribution in [2.24, 2.45) is 0 Å². The van der Waals surface area contributed by atoms with Gasteiger partial charge in [0.15, 0.2) is 4.83 Å². The Hall–Kier alpha value is -1.09. The summed E-state index contributed by atoms with van der Waals surface area (Å²) >= 11 is 3.29. The fourth-order valence-electron chi connectivity index (χ4n) is 1.88. The van der Waals surface area contributed by atoms with Crippen LogP contribution in [0.15, 0.2) is 24.3 Å². The molecule has 17 heavy (non-hydrogen) atoms. The summed E-state index contributed by atoms with van der Waals surface area (Å²) in [5.74, 6) is -0.435. The second-order valence-corrected chi connectivity index (χ2v) is 4.47. The molecular weight excluding hydrogens is 286 g/mol. The number of nitrogens with zero attached hydrogens (tertiary/aromatic N) is 1. The molecular formula is C12H12BrNO3. The molecule has 1 atom stereocenters. The maximum Gasteiger partial charge on any atom is 0.225 e. The summed E-state index contributed by atoms with van der Waals surface area (Å²) in [5, 5.41) is 9.09. The van der Waals surface area contributed by atoms with Crippen molar-refractivity contribution in [3.63, 3.8) is 0 Å². The van der Waals surface area contributed by atoms with Crippen LogP contribution in [0.4, 0.5) is 0 Å². The number of hydrogen-bond acceptors (Lipinski definition) is 4. The van der Waals surface area contributed by atoms with Crippen molar-refractivity contribution in [1.82, 2.24) is 0 Å². The molecule has 1 unspecified atom stereocenters. The third-order valence-electron chi connectivity index (χ3n) is 2.65. The molecule has 0 spiro atoms. The molecule has 0 radical (unpaired) electrons. The van der Waals surface area contributed by atoms with Crippen molar-refractivity contribution < 1.29 is 14.2 Å². The van der Waals surface area contributed by atoms with E-state index in [1.165, 1.54) is 0 Å². The van der Waals surface area contributed by atoms with Crippen LogP contribution < -0.4 is 4.74 Å². The van der Waals surface area contributed by atoms with E-state index in [2.05, 4.69) is 22.0 Å². The summed E-state index contributed by atoms with van der Waals surface area (Å²) in [6.45, 7) is 0.920. The van der Waals surface area contributed by atoms with Gasteiger partial charge in [0.1, 0.15) is 5.75 Å². The molecule has 2 rings (SSSR count). The Morgan fingerprint density at radius 2 is 2.06 bits per heavy atom. The van der Waals surface area contributed by atoms with Crippen LogP contribution in [-0.4, -0.2) is 25.2 Å². The number of alkyl halides is 1. The summed E-state index contributed by atoms with van der Waals surface area (Å²) in [5.41, 5.74) is 0.725. The summed E-state index contributed by atoms with van der Waals surface area (Å²) < 4.78 is 16.6. The van der Waals surface area contributed by atoms with Gasteiger partial charge in [-0.1, -0.05) is 28.1 Å². The Kier molecular flexibility index (Phi) is 3.67. The first-order valence-corrected chi connectivity index (χ1v) is 6.11. The van der Waals surface area contributed by atoms with Gasteiger partial charge in [-0.15, -0.1) is 0 Å². The van der Waals surface area contributed by atoms with Crippen molar-refractivity contribution in [2.75, 3.05) is 20.3 Å². The van der Waals surface area contributed by atoms with E-state index >= 15 is 0 Å². The minimum Gasteiger partial charge on any atom is -0.496 e. The number of hydrogen-bond donors (Lipinski definition) is 0. The summed E-state index contributed by atoms with van der Waals surface area (Å²) in [7, 11) is 1.58. The van der Waals surface area contributed by atoms with E-state index in [9.17, 15) is 0 Å². The Balaban J connectivity index is 2.50. The van der Waals surface area contributed by atoms with E-state index in [1.807, 2.05) is 24.3 Å². The van der Waals surface area contributed by atoms with E-state index < -0.39 is 10.6 Å². The zero-order valence-electron chi connectivity index (χ0n) is 9.35. The Bertz CT molecular complexity index is 438. The van der Waals surface area contributed by atoms with Crippen molar-refractivity contribution in [3.05, 3.63) is 29.8 Å². The molecule has 1 saturated heterocycles. The van der Waals surface area contributed by atoms with Crippen LogP contribution in [0.1, 0.15) is 5.56 Å². The maximum atomic E-state index is 9.09. The Morgan fingerprint density at radius 3 is 2.65 bits per heavy atom. The van der Waals surface area contributed by atoms with Crippen molar-refractivity contribution >= 4 is 15.9 Å². The number of para-hydroxylation sites is 1. The molecule has 1 aromatic rings. The van der Waals surface area contributed by atoms with Gasteiger partial charge < -0.3 is 14.2 Å². The quantitative estimate of drug-likeness (QED) is 0.803. The molecule has 1 aliphatic rings. The zero-order chi connectivity index (χ0) is 12.3. The van der Waals surface area contributed by atoms with Gasteiger partial charge in [0.25, 0.3) is 0 Å². The van der Waals surface area contributed by atoms with Gasteiger partial charge >= 0.3 is 0 Å². The highest BCUT2D eigenvalue weighted by atomic mass is 79.9. The first kappa shape index (κ1) is 12.4. The number of halogens is 1. The molecule has 4 nitrogen and oxygen atoms in total. The van der Waals surface area contributed by atoms with Crippen LogP contribution >= 0.6 is 15.9 Å². The number of methoxy groups -OCH3 is 1. The molecule has 0 aliphatic carbocycles. The maximum absolute atomic E-state index is 9.09. The second-order valence-electron chi connectivity index (χ2n) is 3.56. The number of ether oxygens (including phenoxy) is 3. The van der Waals surface area contributed by atoms with Gasteiger partial charge in [0.2, 0.25) is 5.79 Å². The van der Waals surface area contributed by atoms with Gasteiger partial charge in [-0.2, -0.15) is 5.26 Å². The van der Waals surface area contributed by atoms with Crippen LogP contribution in [0.2, 0.25) is 0 Å². The lowest BCUT2D eigenvalue weighted by atomic mass is 10.0. The smallest absolute Gasteiger partial charge is 0.225 e. The minimum absolute atomic E-state index is 0.460. The Labute approximate surface area is 108 Å². The van der Waals surface area contributed by atoms with Crippen molar-refractivity contribution in [2.45, 2.75) is 10.6 Å². The van der Waals surface area contributed by atoms with Crippen molar-refractivity contribution in [1.29, 1.82) is 5.26 Å². The molecule has 5 heteroatoms. The second kappa shape index (κ2) is 5.05. The number of benzene rings is 1. The molecule has 0 amide bonds. The van der Waals surface area contributed by atoms with E-state index in [0.29, 0.717) is 19.0 Å². The lowest BCUT2D eigenvalue weighted by Gasteiger charge is -2.30. The van der Waals surface area contributed by atoms with Crippen LogP contribution in [0.3, 0.4) is 0 Å². The third-order valence-corrected chi connectivity index (χ3v) is 3.45. The summed E-state index contributed by atoms with van der Waals surface area (Å²) in [6, 6.07) is 9.49. The average Bonchev–Trinajstić information content (AvgIpc) is 2.88. The van der Waals surface area contributed by atoms with Crippen LogP contribution in [0, 0.1) is 11.3 Å². The SMILES string of the molecule is COc1ccccc1C1(C(Br)C#N)OCCO1. The Morgan fingerprint density at radius 1 is 1.41 bits per heavy atom. The van der Waals surface area contributed by atoms with E-state index in [0.717, 1.165) is 5.56 Å². The molecule has 90 valence electrons. The average molecular weight is 298 g/mol. The molecule has 0 bridgehead atoms. The summed E-state index contributed by atoms with van der Waals surface area (Å²) in [6.07, 6.45) is 0. The monoisotopic (exact) mass is 297 g/mol. The standard InChI is InChI=1S/C12H12BrNO3/c1-15-10-5-3-2-4-9(10)12(11(13)8-14)16-6-7-17-12/h2-5,11H,6-7H2,1H3. The van der Waals surface area contributed by atoms with Crippen LogP contribution in [0.25, 0.3) is 0 Å². The highest BCUT2D eigenvalue weighted by Crippen LogP contribution is 2.42. The highest BCUT2D eigenvalue weighted by Gasteiger charge is 2.47. The minimum atomic E-state index is -1.08. The predicted octanol–water partition coefficient (Wildman–Crippen LogP) is 2.18. The highest BCUT2D eigenvalue weighted by molar-refractivity contribution is 9.09. The molecule has 1 fully saturated rings. The molecule has 0 aromatic heterocycles. The molecule has 1 heterocycles. The predicted molar refractivity (Wildman–Crippen MR) is 64.9 cm³/mol. The topological polar surface area (TPSA) is 51.5 Å². The zero-order valence-corrected chi connectivity index (χ0v) is 10.9. The van der Waals surface area contributed by atoms with Crippen LogP contribution in [0.5, 0.6) is 5.75 Å². The molecule has 0 saturated carbocycles. The molecule has 0 N–H and O–H groups in total.